The van der Waals surface area contributed by atoms with Crippen molar-refractivity contribution in [1.29, 1.82) is 0 Å². The molecule has 106 valence electrons. The standard InChI is InChI=1S/C13H14FN3O2S/c1-7(15)13-17-10(6-20-13)12(18)16-8-3-4-9(14)11(5-8)19-2/h3-7H,15H2,1-2H3,(H,16,18). The van der Waals surface area contributed by atoms with Crippen molar-refractivity contribution in [3.63, 3.8) is 0 Å². The second kappa shape index (κ2) is 5.98. The van der Waals surface area contributed by atoms with E-state index in [0.717, 1.165) is 0 Å². The Hall–Kier alpha value is -1.99. The minimum atomic E-state index is -0.488. The fourth-order valence-corrected chi connectivity index (χ4v) is 2.29. The average molecular weight is 295 g/mol. The Morgan fingerprint density at radius 3 is 2.90 bits per heavy atom. The highest BCUT2D eigenvalue weighted by atomic mass is 32.1. The Morgan fingerprint density at radius 2 is 2.30 bits per heavy atom. The number of ether oxygens (including phenoxy) is 1. The monoisotopic (exact) mass is 295 g/mol. The number of carbonyl (C=O) groups is 1. The van der Waals surface area contributed by atoms with Gasteiger partial charge in [-0.25, -0.2) is 9.37 Å². The van der Waals surface area contributed by atoms with E-state index in [0.29, 0.717) is 10.7 Å². The molecule has 7 heteroatoms. The molecule has 3 N–H and O–H groups in total. The number of nitrogens with zero attached hydrogens (tertiary/aromatic N) is 1. The molecule has 0 bridgehead atoms. The summed E-state index contributed by atoms with van der Waals surface area (Å²) in [6.45, 7) is 1.80. The molecule has 20 heavy (non-hydrogen) atoms. The van der Waals surface area contributed by atoms with E-state index >= 15 is 0 Å². The minimum Gasteiger partial charge on any atom is -0.494 e. The number of halogens is 1. The van der Waals surface area contributed by atoms with Crippen LogP contribution in [0.15, 0.2) is 23.6 Å². The molecule has 0 aliphatic rings. The number of thiazole rings is 1. The summed E-state index contributed by atoms with van der Waals surface area (Å²) in [7, 11) is 1.36. The third kappa shape index (κ3) is 3.12. The predicted molar refractivity (Wildman–Crippen MR) is 75.6 cm³/mol. The molecule has 0 fully saturated rings. The lowest BCUT2D eigenvalue weighted by atomic mass is 10.2. The van der Waals surface area contributed by atoms with Gasteiger partial charge in [0, 0.05) is 17.1 Å². The Kier molecular flexibility index (Phi) is 4.31. The van der Waals surface area contributed by atoms with Crippen LogP contribution in [0.4, 0.5) is 10.1 Å². The molecule has 1 unspecified atom stereocenters. The van der Waals surface area contributed by atoms with E-state index in [1.54, 1.807) is 12.3 Å². The summed E-state index contributed by atoms with van der Waals surface area (Å²) in [5, 5.41) is 4.95. The van der Waals surface area contributed by atoms with Gasteiger partial charge >= 0.3 is 0 Å². The quantitative estimate of drug-likeness (QED) is 0.908. The molecule has 1 atom stereocenters. The number of carbonyl (C=O) groups excluding carboxylic acids is 1. The third-order valence-corrected chi connectivity index (χ3v) is 3.60. The summed E-state index contributed by atoms with van der Waals surface area (Å²) in [6.07, 6.45) is 0. The van der Waals surface area contributed by atoms with Gasteiger partial charge in [-0.05, 0) is 19.1 Å². The van der Waals surface area contributed by atoms with E-state index in [-0.39, 0.29) is 23.4 Å². The van der Waals surface area contributed by atoms with Crippen molar-refractivity contribution in [3.8, 4) is 5.75 Å². The highest BCUT2D eigenvalue weighted by molar-refractivity contribution is 7.09. The van der Waals surface area contributed by atoms with Gasteiger partial charge in [-0.1, -0.05) is 0 Å². The molecule has 1 aromatic carbocycles. The number of amides is 1. The van der Waals surface area contributed by atoms with Crippen molar-refractivity contribution in [1.82, 2.24) is 4.98 Å². The lowest BCUT2D eigenvalue weighted by Gasteiger charge is -2.06. The van der Waals surface area contributed by atoms with Crippen LogP contribution in [0.2, 0.25) is 0 Å². The fraction of sp³-hybridized carbons (Fsp3) is 0.231. The van der Waals surface area contributed by atoms with Gasteiger partial charge in [-0.15, -0.1) is 11.3 Å². The van der Waals surface area contributed by atoms with Crippen LogP contribution < -0.4 is 15.8 Å². The first-order chi connectivity index (χ1) is 9.51. The zero-order chi connectivity index (χ0) is 14.7. The third-order valence-electron chi connectivity index (χ3n) is 2.55. The second-order valence-corrected chi connectivity index (χ2v) is 5.05. The number of benzene rings is 1. The smallest absolute Gasteiger partial charge is 0.275 e. The van der Waals surface area contributed by atoms with Crippen molar-refractivity contribution < 1.29 is 13.9 Å². The number of aromatic nitrogens is 1. The zero-order valence-corrected chi connectivity index (χ0v) is 11.8. The summed E-state index contributed by atoms with van der Waals surface area (Å²) < 4.78 is 18.1. The van der Waals surface area contributed by atoms with Crippen LogP contribution in [0.25, 0.3) is 0 Å². The number of nitrogens with two attached hydrogens (primary N) is 1. The number of anilines is 1. The molecule has 2 aromatic rings. The summed E-state index contributed by atoms with van der Waals surface area (Å²) in [5.41, 5.74) is 6.41. The molecule has 0 spiro atoms. The fourth-order valence-electron chi connectivity index (χ4n) is 1.53. The average Bonchev–Trinajstić information content (AvgIpc) is 2.91. The molecule has 2 rings (SSSR count). The largest absolute Gasteiger partial charge is 0.494 e. The first-order valence-electron chi connectivity index (χ1n) is 5.87. The van der Waals surface area contributed by atoms with Gasteiger partial charge in [-0.2, -0.15) is 0 Å². The Bertz CT molecular complexity index is 628. The van der Waals surface area contributed by atoms with Crippen LogP contribution >= 0.6 is 11.3 Å². The normalized spacial score (nSPS) is 12.0. The number of hydrogen-bond acceptors (Lipinski definition) is 5. The molecule has 1 amide bonds. The first kappa shape index (κ1) is 14.4. The van der Waals surface area contributed by atoms with Crippen molar-refractivity contribution in [3.05, 3.63) is 40.1 Å². The van der Waals surface area contributed by atoms with Crippen molar-refractivity contribution >= 4 is 22.9 Å². The van der Waals surface area contributed by atoms with Gasteiger partial charge in [-0.3, -0.25) is 4.79 Å². The van der Waals surface area contributed by atoms with Crippen molar-refractivity contribution in [2.45, 2.75) is 13.0 Å². The van der Waals surface area contributed by atoms with Crippen molar-refractivity contribution in [2.24, 2.45) is 5.73 Å². The van der Waals surface area contributed by atoms with Crippen LogP contribution in [0.1, 0.15) is 28.5 Å². The predicted octanol–water partition coefficient (Wildman–Crippen LogP) is 2.56. The number of methoxy groups -OCH3 is 1. The van der Waals surface area contributed by atoms with Gasteiger partial charge in [0.1, 0.15) is 10.7 Å². The van der Waals surface area contributed by atoms with Crippen LogP contribution in [0.5, 0.6) is 5.75 Å². The molecule has 1 aromatic heterocycles. The summed E-state index contributed by atoms with van der Waals surface area (Å²) in [6, 6.07) is 3.87. The van der Waals surface area contributed by atoms with Crippen LogP contribution in [0.3, 0.4) is 0 Å². The summed E-state index contributed by atoms with van der Waals surface area (Å²) >= 11 is 1.33. The van der Waals surface area contributed by atoms with E-state index in [1.807, 2.05) is 0 Å². The SMILES string of the molecule is COc1cc(NC(=O)c2csc(C(C)N)n2)ccc1F. The lowest BCUT2D eigenvalue weighted by molar-refractivity contribution is 0.102. The van der Waals surface area contributed by atoms with Gasteiger partial charge < -0.3 is 15.8 Å². The molecule has 1 heterocycles. The number of rotatable bonds is 4. The molecule has 0 radical (unpaired) electrons. The molecular weight excluding hydrogens is 281 g/mol. The van der Waals surface area contributed by atoms with Crippen LogP contribution in [-0.4, -0.2) is 18.0 Å². The highest BCUT2D eigenvalue weighted by Crippen LogP contribution is 2.22. The summed E-state index contributed by atoms with van der Waals surface area (Å²) in [5.74, 6) is -0.794. The molecule has 0 aliphatic carbocycles. The Labute approximate surface area is 119 Å². The highest BCUT2D eigenvalue weighted by Gasteiger charge is 2.13. The van der Waals surface area contributed by atoms with E-state index in [1.165, 1.54) is 36.6 Å². The number of hydrogen-bond donors (Lipinski definition) is 2. The zero-order valence-electron chi connectivity index (χ0n) is 11.0. The van der Waals surface area contributed by atoms with E-state index in [9.17, 15) is 9.18 Å². The van der Waals surface area contributed by atoms with Gasteiger partial charge in [0.25, 0.3) is 5.91 Å². The van der Waals surface area contributed by atoms with Crippen molar-refractivity contribution in [2.75, 3.05) is 12.4 Å². The van der Waals surface area contributed by atoms with Gasteiger partial charge in [0.2, 0.25) is 0 Å². The molecule has 5 nitrogen and oxygen atoms in total. The minimum absolute atomic E-state index is 0.0670. The van der Waals surface area contributed by atoms with Crippen LogP contribution in [0, 0.1) is 5.82 Å². The van der Waals surface area contributed by atoms with Gasteiger partial charge in [0.15, 0.2) is 11.6 Å². The Balaban J connectivity index is 2.14. The van der Waals surface area contributed by atoms with Gasteiger partial charge in [0.05, 0.1) is 13.2 Å². The maximum Gasteiger partial charge on any atom is 0.275 e. The maximum absolute atomic E-state index is 13.3. The molecule has 0 saturated heterocycles. The van der Waals surface area contributed by atoms with E-state index in [4.69, 9.17) is 10.5 Å². The van der Waals surface area contributed by atoms with Crippen LogP contribution in [-0.2, 0) is 0 Å². The van der Waals surface area contributed by atoms with E-state index < -0.39 is 5.82 Å². The first-order valence-corrected chi connectivity index (χ1v) is 6.75. The topological polar surface area (TPSA) is 77.2 Å². The summed E-state index contributed by atoms with van der Waals surface area (Å²) in [4.78, 5) is 16.1. The maximum atomic E-state index is 13.3. The van der Waals surface area contributed by atoms with E-state index in [2.05, 4.69) is 10.3 Å². The Morgan fingerprint density at radius 1 is 1.55 bits per heavy atom. The molecular formula is C13H14FN3O2S. The molecule has 0 aliphatic heterocycles. The molecule has 0 saturated carbocycles. The lowest BCUT2D eigenvalue weighted by Crippen LogP contribution is -2.13. The second-order valence-electron chi connectivity index (χ2n) is 4.16. The number of nitrogens with one attached hydrogen (secondary N) is 1.